The Balaban J connectivity index is 0.959. The van der Waals surface area contributed by atoms with Gasteiger partial charge in [0.1, 0.15) is 0 Å². The van der Waals surface area contributed by atoms with Gasteiger partial charge in [0.05, 0.1) is 5.41 Å². The van der Waals surface area contributed by atoms with Crippen molar-refractivity contribution >= 4 is 17.1 Å². The molecule has 1 spiro atoms. The highest BCUT2D eigenvalue weighted by molar-refractivity contribution is 6.01. The smallest absolute Gasteiger partial charge is 0.0725 e. The quantitative estimate of drug-likeness (QED) is 0.161. The van der Waals surface area contributed by atoms with E-state index in [9.17, 15) is 0 Å². The predicted molar refractivity (Wildman–Crippen MR) is 297 cm³/mol. The van der Waals surface area contributed by atoms with Crippen molar-refractivity contribution in [1.82, 2.24) is 0 Å². The fraction of sp³-hybridized carbons (Fsp3) is 0.0571. The first kappa shape index (κ1) is 41.2. The zero-order chi connectivity index (χ0) is 47.3. The van der Waals surface area contributed by atoms with Crippen LogP contribution in [-0.4, -0.2) is 0 Å². The van der Waals surface area contributed by atoms with E-state index in [1.807, 2.05) is 0 Å². The summed E-state index contributed by atoms with van der Waals surface area (Å²) in [7, 11) is 0. The third-order valence-corrected chi connectivity index (χ3v) is 15.9. The molecule has 1 heteroatoms. The molecule has 11 aromatic rings. The first-order valence-electron chi connectivity index (χ1n) is 24.9. The van der Waals surface area contributed by atoms with Crippen LogP contribution < -0.4 is 4.90 Å². The largest absolute Gasteiger partial charge is 0.310 e. The van der Waals surface area contributed by atoms with Gasteiger partial charge in [-0.3, -0.25) is 0 Å². The van der Waals surface area contributed by atoms with Gasteiger partial charge in [0.2, 0.25) is 0 Å². The van der Waals surface area contributed by atoms with Gasteiger partial charge in [-0.15, -0.1) is 0 Å². The fourth-order valence-corrected chi connectivity index (χ4v) is 12.8. The van der Waals surface area contributed by atoms with Crippen molar-refractivity contribution in [2.75, 3.05) is 4.90 Å². The number of anilines is 3. The molecule has 0 N–H and O–H groups in total. The number of nitrogens with zero attached hydrogens (tertiary/aromatic N) is 1. The summed E-state index contributed by atoms with van der Waals surface area (Å²) < 4.78 is 0. The van der Waals surface area contributed by atoms with Crippen LogP contribution in [0.5, 0.6) is 0 Å². The minimum atomic E-state index is -0.533. The monoisotopic (exact) mass is 903 g/mol. The minimum absolute atomic E-state index is 0.146. The Morgan fingerprint density at radius 2 is 0.634 bits per heavy atom. The molecule has 0 fully saturated rings. The highest BCUT2D eigenvalue weighted by Gasteiger charge is 2.50. The normalized spacial score (nSPS) is 13.7. The minimum Gasteiger partial charge on any atom is -0.310 e. The van der Waals surface area contributed by atoms with Crippen molar-refractivity contribution in [2.45, 2.75) is 24.7 Å². The molecule has 1 nitrogen and oxygen atoms in total. The van der Waals surface area contributed by atoms with E-state index in [1.165, 1.54) is 111 Å². The molecule has 11 aromatic carbocycles. The van der Waals surface area contributed by atoms with E-state index in [0.717, 1.165) is 17.1 Å². The maximum Gasteiger partial charge on any atom is 0.0725 e. The van der Waals surface area contributed by atoms with Gasteiger partial charge in [0, 0.05) is 22.5 Å². The zero-order valence-electron chi connectivity index (χ0n) is 39.8. The molecule has 0 atom stereocenters. The van der Waals surface area contributed by atoms with Crippen LogP contribution in [0.3, 0.4) is 0 Å². The molecule has 334 valence electrons. The molecular weight excluding hydrogens is 855 g/mol. The molecular formula is C70H49N. The van der Waals surface area contributed by atoms with E-state index in [4.69, 9.17) is 0 Å². The Morgan fingerprint density at radius 1 is 0.239 bits per heavy atom. The summed E-state index contributed by atoms with van der Waals surface area (Å²) in [6.45, 7) is 4.74. The number of hydrogen-bond acceptors (Lipinski definition) is 1. The van der Waals surface area contributed by atoms with E-state index in [-0.39, 0.29) is 5.41 Å². The zero-order valence-corrected chi connectivity index (χ0v) is 39.8. The van der Waals surface area contributed by atoms with Gasteiger partial charge in [-0.2, -0.15) is 0 Å². The third-order valence-electron chi connectivity index (χ3n) is 15.9. The average Bonchev–Trinajstić information content (AvgIpc) is 3.83. The van der Waals surface area contributed by atoms with Crippen molar-refractivity contribution in [3.63, 3.8) is 0 Å². The van der Waals surface area contributed by atoms with Crippen LogP contribution in [-0.2, 0) is 10.8 Å². The molecule has 0 bridgehead atoms. The van der Waals surface area contributed by atoms with Crippen molar-refractivity contribution < 1.29 is 0 Å². The molecule has 0 radical (unpaired) electrons. The van der Waals surface area contributed by atoms with Gasteiger partial charge in [0.15, 0.2) is 0 Å². The standard InChI is InChI=1S/C70H49N/c1-69(2)62-31-15-11-28-58(62)59-43-41-51(45-67(59)69)71(50-40-42-52(46-20-5-3-6-21-46)61(44-50)47-22-7-4-8-23-47)49-38-36-48(37-39-49)53-30-19-35-66-68(53)60-29-14-18-34-65(60)70(66)63-32-16-12-26-56(63)54-24-9-10-25-55(54)57-27-13-17-33-64(57)70/h3-45H,1-2H3. The summed E-state index contributed by atoms with van der Waals surface area (Å²) >= 11 is 0. The van der Waals surface area contributed by atoms with Crippen LogP contribution in [0, 0.1) is 0 Å². The third kappa shape index (κ3) is 6.06. The second kappa shape index (κ2) is 15.9. The van der Waals surface area contributed by atoms with Gasteiger partial charge in [-0.05, 0) is 148 Å². The van der Waals surface area contributed by atoms with E-state index in [2.05, 4.69) is 280 Å². The van der Waals surface area contributed by atoms with E-state index >= 15 is 0 Å². The van der Waals surface area contributed by atoms with E-state index < -0.39 is 5.41 Å². The summed E-state index contributed by atoms with van der Waals surface area (Å²) in [5.41, 5.74) is 28.2. The molecule has 0 amide bonds. The molecule has 71 heavy (non-hydrogen) atoms. The molecule has 14 rings (SSSR count). The lowest BCUT2D eigenvalue weighted by molar-refractivity contribution is 0.660. The molecule has 0 heterocycles. The molecule has 0 saturated heterocycles. The molecule has 3 aliphatic rings. The van der Waals surface area contributed by atoms with Crippen molar-refractivity contribution in [2.24, 2.45) is 0 Å². The van der Waals surface area contributed by atoms with Crippen molar-refractivity contribution in [3.05, 3.63) is 294 Å². The van der Waals surface area contributed by atoms with Crippen LogP contribution in [0.25, 0.3) is 77.9 Å². The predicted octanol–water partition coefficient (Wildman–Crippen LogP) is 18.5. The second-order valence-electron chi connectivity index (χ2n) is 19.9. The Bertz CT molecular complexity index is 3830. The molecule has 0 unspecified atom stereocenters. The first-order valence-corrected chi connectivity index (χ1v) is 24.9. The highest BCUT2D eigenvalue weighted by Crippen LogP contribution is 2.63. The lowest BCUT2D eigenvalue weighted by Gasteiger charge is -2.35. The van der Waals surface area contributed by atoms with Crippen LogP contribution in [0.1, 0.15) is 47.2 Å². The molecule has 3 aliphatic carbocycles. The highest BCUT2D eigenvalue weighted by atomic mass is 15.1. The summed E-state index contributed by atoms with van der Waals surface area (Å²) in [5, 5.41) is 0. The van der Waals surface area contributed by atoms with Gasteiger partial charge in [0.25, 0.3) is 0 Å². The first-order chi connectivity index (χ1) is 35.0. The van der Waals surface area contributed by atoms with Crippen molar-refractivity contribution in [3.8, 4) is 77.9 Å². The summed E-state index contributed by atoms with van der Waals surface area (Å²) in [6, 6.07) is 97.4. The number of hydrogen-bond donors (Lipinski definition) is 0. The van der Waals surface area contributed by atoms with Crippen LogP contribution in [0.15, 0.2) is 261 Å². The van der Waals surface area contributed by atoms with Gasteiger partial charge in [-0.1, -0.05) is 238 Å². The number of fused-ring (bicyclic) bond motifs is 15. The topological polar surface area (TPSA) is 3.24 Å². The Morgan fingerprint density at radius 3 is 1.24 bits per heavy atom. The second-order valence-corrected chi connectivity index (χ2v) is 19.9. The van der Waals surface area contributed by atoms with Gasteiger partial charge >= 0.3 is 0 Å². The van der Waals surface area contributed by atoms with Crippen LogP contribution >= 0.6 is 0 Å². The van der Waals surface area contributed by atoms with E-state index in [1.54, 1.807) is 0 Å². The maximum absolute atomic E-state index is 2.46. The number of rotatable bonds is 6. The van der Waals surface area contributed by atoms with E-state index in [0.29, 0.717) is 0 Å². The fourth-order valence-electron chi connectivity index (χ4n) is 12.8. The van der Waals surface area contributed by atoms with Crippen LogP contribution in [0.2, 0.25) is 0 Å². The number of benzene rings is 11. The lowest BCUT2D eigenvalue weighted by atomic mass is 9.66. The van der Waals surface area contributed by atoms with Crippen molar-refractivity contribution in [1.29, 1.82) is 0 Å². The molecule has 0 saturated carbocycles. The van der Waals surface area contributed by atoms with Gasteiger partial charge < -0.3 is 4.90 Å². The molecule has 0 aliphatic heterocycles. The Kier molecular flexibility index (Phi) is 9.22. The Hall–Kier alpha value is -8.78. The average molecular weight is 904 g/mol. The van der Waals surface area contributed by atoms with Crippen LogP contribution in [0.4, 0.5) is 17.1 Å². The SMILES string of the molecule is CC1(C)c2ccccc2-c2ccc(N(c3ccc(-c4cccc5c4-c4ccccc4C54c5ccccc5-c5ccccc5-c5ccccc54)cc3)c3ccc(-c4ccccc4)c(-c4ccccc4)c3)cc21. The summed E-state index contributed by atoms with van der Waals surface area (Å²) in [4.78, 5) is 2.46. The van der Waals surface area contributed by atoms with Gasteiger partial charge in [-0.25, -0.2) is 0 Å². The summed E-state index contributed by atoms with van der Waals surface area (Å²) in [6.07, 6.45) is 0. The summed E-state index contributed by atoms with van der Waals surface area (Å²) in [5.74, 6) is 0. The maximum atomic E-state index is 2.46. The lowest BCUT2D eigenvalue weighted by Crippen LogP contribution is -2.29. The molecule has 0 aromatic heterocycles. The Labute approximate surface area is 416 Å².